The first-order valence-corrected chi connectivity index (χ1v) is 8.89. The van der Waals surface area contributed by atoms with E-state index in [-0.39, 0.29) is 5.91 Å². The summed E-state index contributed by atoms with van der Waals surface area (Å²) in [6, 6.07) is 10.2. The summed E-state index contributed by atoms with van der Waals surface area (Å²) in [5, 5.41) is 12.9. The van der Waals surface area contributed by atoms with Gasteiger partial charge >= 0.3 is 0 Å². The molecular weight excluding hydrogens is 310 g/mol. The minimum absolute atomic E-state index is 0.183. The number of benzene rings is 1. The molecule has 23 heavy (non-hydrogen) atoms. The number of likely N-dealkylation sites (tertiary alicyclic amines) is 1. The van der Waals surface area contributed by atoms with Gasteiger partial charge in [0.25, 0.3) is 0 Å². The van der Waals surface area contributed by atoms with Crippen LogP contribution in [0.5, 0.6) is 0 Å². The van der Waals surface area contributed by atoms with Gasteiger partial charge in [-0.2, -0.15) is 0 Å². The number of rotatable bonds is 5. The Balaban J connectivity index is 1.52. The normalized spacial score (nSPS) is 15.8. The van der Waals surface area contributed by atoms with Gasteiger partial charge in [0.15, 0.2) is 0 Å². The molecule has 7 heteroatoms. The molecule has 0 aliphatic carbocycles. The zero-order valence-electron chi connectivity index (χ0n) is 13.3. The van der Waals surface area contributed by atoms with E-state index in [1.807, 2.05) is 27.8 Å². The maximum absolute atomic E-state index is 11.4. The van der Waals surface area contributed by atoms with Crippen LogP contribution in [0.2, 0.25) is 0 Å². The smallest absolute Gasteiger partial charge is 0.219 e. The Morgan fingerprint density at radius 3 is 2.70 bits per heavy atom. The SMILES string of the molecule is CC(=O)N1CCC(CSc2nnnn2Cc2ccccc2)CC1. The largest absolute Gasteiger partial charge is 0.343 e. The van der Waals surface area contributed by atoms with Crippen LogP contribution in [0.25, 0.3) is 0 Å². The average Bonchev–Trinajstić information content (AvgIpc) is 3.01. The van der Waals surface area contributed by atoms with Crippen molar-refractivity contribution in [2.24, 2.45) is 5.92 Å². The van der Waals surface area contributed by atoms with Crippen LogP contribution in [-0.2, 0) is 11.3 Å². The summed E-state index contributed by atoms with van der Waals surface area (Å²) in [6.45, 7) is 4.08. The maximum atomic E-state index is 11.4. The van der Waals surface area contributed by atoms with Gasteiger partial charge in [-0.05, 0) is 34.7 Å². The first-order chi connectivity index (χ1) is 11.2. The van der Waals surface area contributed by atoms with E-state index in [4.69, 9.17) is 0 Å². The topological polar surface area (TPSA) is 63.9 Å². The third kappa shape index (κ3) is 4.31. The Kier molecular flexibility index (Phi) is 5.27. The van der Waals surface area contributed by atoms with Crippen LogP contribution in [0.15, 0.2) is 35.5 Å². The number of carbonyl (C=O) groups excluding carboxylic acids is 1. The minimum Gasteiger partial charge on any atom is -0.343 e. The molecular formula is C16H21N5OS. The monoisotopic (exact) mass is 331 g/mol. The van der Waals surface area contributed by atoms with E-state index in [1.165, 1.54) is 5.56 Å². The number of hydrogen-bond donors (Lipinski definition) is 0. The summed E-state index contributed by atoms with van der Waals surface area (Å²) in [4.78, 5) is 13.3. The Bertz CT molecular complexity index is 637. The highest BCUT2D eigenvalue weighted by molar-refractivity contribution is 7.99. The number of aromatic nitrogens is 4. The van der Waals surface area contributed by atoms with Crippen molar-refractivity contribution in [2.45, 2.75) is 31.5 Å². The number of nitrogens with zero attached hydrogens (tertiary/aromatic N) is 5. The van der Waals surface area contributed by atoms with Crippen LogP contribution in [0.4, 0.5) is 0 Å². The Morgan fingerprint density at radius 1 is 1.26 bits per heavy atom. The molecule has 2 aromatic rings. The lowest BCUT2D eigenvalue weighted by molar-refractivity contribution is -0.130. The maximum Gasteiger partial charge on any atom is 0.219 e. The van der Waals surface area contributed by atoms with Crippen LogP contribution in [-0.4, -0.2) is 49.9 Å². The summed E-state index contributed by atoms with van der Waals surface area (Å²) in [5.41, 5.74) is 1.19. The van der Waals surface area contributed by atoms with Crippen LogP contribution in [0.3, 0.4) is 0 Å². The van der Waals surface area contributed by atoms with E-state index in [0.29, 0.717) is 12.5 Å². The molecule has 0 atom stereocenters. The molecule has 0 spiro atoms. The number of amides is 1. The highest BCUT2D eigenvalue weighted by Crippen LogP contribution is 2.25. The lowest BCUT2D eigenvalue weighted by Gasteiger charge is -2.30. The molecule has 1 aromatic heterocycles. The third-order valence-electron chi connectivity index (χ3n) is 4.18. The van der Waals surface area contributed by atoms with Crippen molar-refractivity contribution >= 4 is 17.7 Å². The number of piperidine rings is 1. The standard InChI is InChI=1S/C16H21N5OS/c1-13(22)20-9-7-15(8-10-20)12-23-16-17-18-19-21(16)11-14-5-3-2-4-6-14/h2-6,15H,7-12H2,1H3. The summed E-state index contributed by atoms with van der Waals surface area (Å²) in [7, 11) is 0. The quantitative estimate of drug-likeness (QED) is 0.785. The average molecular weight is 331 g/mol. The molecule has 1 amide bonds. The molecule has 0 N–H and O–H groups in total. The number of tetrazole rings is 1. The summed E-state index contributed by atoms with van der Waals surface area (Å²) >= 11 is 1.71. The molecule has 122 valence electrons. The van der Waals surface area contributed by atoms with Gasteiger partial charge in [-0.3, -0.25) is 4.79 Å². The highest BCUT2D eigenvalue weighted by atomic mass is 32.2. The van der Waals surface area contributed by atoms with E-state index in [1.54, 1.807) is 18.7 Å². The van der Waals surface area contributed by atoms with Crippen LogP contribution in [0.1, 0.15) is 25.3 Å². The van der Waals surface area contributed by atoms with E-state index in [2.05, 4.69) is 27.7 Å². The summed E-state index contributed by atoms with van der Waals surface area (Å²) in [6.07, 6.45) is 2.12. The first-order valence-electron chi connectivity index (χ1n) is 7.91. The predicted molar refractivity (Wildman–Crippen MR) is 89.1 cm³/mol. The minimum atomic E-state index is 0.183. The summed E-state index contributed by atoms with van der Waals surface area (Å²) < 4.78 is 1.85. The van der Waals surface area contributed by atoms with Gasteiger partial charge in [0.2, 0.25) is 11.1 Å². The van der Waals surface area contributed by atoms with E-state index in [9.17, 15) is 4.79 Å². The third-order valence-corrected chi connectivity index (χ3v) is 5.37. The van der Waals surface area contributed by atoms with Gasteiger partial charge in [-0.15, -0.1) is 5.10 Å². The van der Waals surface area contributed by atoms with Crippen molar-refractivity contribution in [1.82, 2.24) is 25.1 Å². The van der Waals surface area contributed by atoms with Crippen molar-refractivity contribution in [3.63, 3.8) is 0 Å². The second-order valence-electron chi connectivity index (χ2n) is 5.87. The lowest BCUT2D eigenvalue weighted by atomic mass is 9.99. The molecule has 3 rings (SSSR count). The molecule has 0 radical (unpaired) electrons. The highest BCUT2D eigenvalue weighted by Gasteiger charge is 2.21. The Labute approximate surface area is 140 Å². The fraction of sp³-hybridized carbons (Fsp3) is 0.500. The molecule has 2 heterocycles. The number of thioether (sulfide) groups is 1. The molecule has 1 fully saturated rings. The zero-order valence-corrected chi connectivity index (χ0v) is 14.1. The molecule has 1 aromatic carbocycles. The molecule has 1 aliphatic rings. The van der Waals surface area contributed by atoms with Gasteiger partial charge in [0, 0.05) is 25.8 Å². The molecule has 0 unspecified atom stereocenters. The van der Waals surface area contributed by atoms with Gasteiger partial charge in [-0.1, -0.05) is 42.1 Å². The van der Waals surface area contributed by atoms with Gasteiger partial charge in [-0.25, -0.2) is 4.68 Å². The second-order valence-corrected chi connectivity index (χ2v) is 6.85. The Morgan fingerprint density at radius 2 is 2.00 bits per heavy atom. The van der Waals surface area contributed by atoms with Crippen LogP contribution < -0.4 is 0 Å². The van der Waals surface area contributed by atoms with Crippen molar-refractivity contribution in [2.75, 3.05) is 18.8 Å². The molecule has 1 aliphatic heterocycles. The first kappa shape index (κ1) is 16.0. The zero-order chi connectivity index (χ0) is 16.1. The van der Waals surface area contributed by atoms with Crippen molar-refractivity contribution in [1.29, 1.82) is 0 Å². The van der Waals surface area contributed by atoms with Gasteiger partial charge in [0.05, 0.1) is 6.54 Å². The summed E-state index contributed by atoms with van der Waals surface area (Å²) in [5.74, 6) is 1.81. The van der Waals surface area contributed by atoms with Gasteiger partial charge < -0.3 is 4.90 Å². The number of hydrogen-bond acceptors (Lipinski definition) is 5. The van der Waals surface area contributed by atoms with Crippen molar-refractivity contribution < 1.29 is 4.79 Å². The lowest BCUT2D eigenvalue weighted by Crippen LogP contribution is -2.37. The molecule has 6 nitrogen and oxygen atoms in total. The fourth-order valence-corrected chi connectivity index (χ4v) is 3.82. The molecule has 0 bridgehead atoms. The van der Waals surface area contributed by atoms with Crippen molar-refractivity contribution in [3.05, 3.63) is 35.9 Å². The van der Waals surface area contributed by atoms with E-state index < -0.39 is 0 Å². The fourth-order valence-electron chi connectivity index (χ4n) is 2.76. The number of carbonyl (C=O) groups is 1. The van der Waals surface area contributed by atoms with E-state index >= 15 is 0 Å². The molecule has 0 saturated carbocycles. The predicted octanol–water partition coefficient (Wildman–Crippen LogP) is 2.07. The van der Waals surface area contributed by atoms with Gasteiger partial charge in [0.1, 0.15) is 0 Å². The molecule has 1 saturated heterocycles. The Hall–Kier alpha value is -1.89. The van der Waals surface area contributed by atoms with Crippen molar-refractivity contribution in [3.8, 4) is 0 Å². The second kappa shape index (κ2) is 7.59. The van der Waals surface area contributed by atoms with Crippen LogP contribution >= 0.6 is 11.8 Å². The van der Waals surface area contributed by atoms with E-state index in [0.717, 1.165) is 36.8 Å². The van der Waals surface area contributed by atoms with Crippen LogP contribution in [0, 0.1) is 5.92 Å².